The number of rotatable bonds is 6. The van der Waals surface area contributed by atoms with E-state index in [2.05, 4.69) is 6.92 Å². The van der Waals surface area contributed by atoms with Crippen LogP contribution in [0.15, 0.2) is 48.5 Å². The molecule has 0 aliphatic rings. The Morgan fingerprint density at radius 3 is 2.50 bits per heavy atom. The highest BCUT2D eigenvalue weighted by Crippen LogP contribution is 2.33. The van der Waals surface area contributed by atoms with Crippen molar-refractivity contribution >= 4 is 5.97 Å². The largest absolute Gasteiger partial charge is 0.492 e. The van der Waals surface area contributed by atoms with Crippen LogP contribution < -0.4 is 4.74 Å². The van der Waals surface area contributed by atoms with Gasteiger partial charge in [-0.05, 0) is 18.1 Å². The first-order valence-electron chi connectivity index (χ1n) is 6.78. The van der Waals surface area contributed by atoms with Crippen LogP contribution in [0.4, 0.5) is 0 Å². The Kier molecular flexibility index (Phi) is 4.77. The van der Waals surface area contributed by atoms with Crippen LogP contribution in [0.2, 0.25) is 0 Å². The van der Waals surface area contributed by atoms with Crippen molar-refractivity contribution in [3.05, 3.63) is 54.1 Å². The molecule has 3 nitrogen and oxygen atoms in total. The first-order valence-corrected chi connectivity index (χ1v) is 6.78. The summed E-state index contributed by atoms with van der Waals surface area (Å²) >= 11 is 0. The monoisotopic (exact) mass is 270 g/mol. The number of ether oxygens (including phenoxy) is 1. The Hall–Kier alpha value is -2.29. The molecule has 0 aliphatic carbocycles. The Morgan fingerprint density at radius 1 is 1.10 bits per heavy atom. The molecule has 0 aliphatic heterocycles. The summed E-state index contributed by atoms with van der Waals surface area (Å²) in [4.78, 5) is 11.4. The molecule has 0 spiro atoms. The van der Waals surface area contributed by atoms with Crippen LogP contribution in [0.3, 0.4) is 0 Å². The average molecular weight is 270 g/mol. The first kappa shape index (κ1) is 14.1. The minimum absolute atomic E-state index is 0.211. The van der Waals surface area contributed by atoms with Crippen LogP contribution in [0, 0.1) is 0 Å². The summed E-state index contributed by atoms with van der Waals surface area (Å²) < 4.78 is 5.74. The zero-order valence-corrected chi connectivity index (χ0v) is 11.5. The molecule has 20 heavy (non-hydrogen) atoms. The van der Waals surface area contributed by atoms with Crippen molar-refractivity contribution in [2.75, 3.05) is 6.61 Å². The fraction of sp³-hybridized carbons (Fsp3) is 0.235. The highest BCUT2D eigenvalue weighted by molar-refractivity contribution is 5.94. The van der Waals surface area contributed by atoms with E-state index in [1.807, 2.05) is 36.4 Å². The van der Waals surface area contributed by atoms with Gasteiger partial charge >= 0.3 is 5.97 Å². The standard InChI is InChI=1S/C17H18O3/c1-2-3-12-20-16-14(13-8-5-4-6-9-13)10-7-11-15(16)17(18)19/h4-11H,2-3,12H2,1H3,(H,18,19). The van der Waals surface area contributed by atoms with Gasteiger partial charge in [-0.3, -0.25) is 0 Å². The zero-order chi connectivity index (χ0) is 14.4. The minimum Gasteiger partial charge on any atom is -0.492 e. The van der Waals surface area contributed by atoms with Crippen molar-refractivity contribution in [2.45, 2.75) is 19.8 Å². The molecule has 0 amide bonds. The van der Waals surface area contributed by atoms with Crippen LogP contribution in [-0.2, 0) is 0 Å². The van der Waals surface area contributed by atoms with Crippen molar-refractivity contribution in [2.24, 2.45) is 0 Å². The third kappa shape index (κ3) is 3.18. The lowest BCUT2D eigenvalue weighted by Crippen LogP contribution is -2.05. The first-order chi connectivity index (χ1) is 9.74. The van der Waals surface area contributed by atoms with Gasteiger partial charge in [-0.2, -0.15) is 0 Å². The molecule has 3 heteroatoms. The predicted molar refractivity (Wildman–Crippen MR) is 79.2 cm³/mol. The van der Waals surface area contributed by atoms with Gasteiger partial charge in [-0.25, -0.2) is 4.79 Å². The molecule has 0 radical (unpaired) electrons. The lowest BCUT2D eigenvalue weighted by molar-refractivity contribution is 0.0692. The van der Waals surface area contributed by atoms with Gasteiger partial charge in [0, 0.05) is 5.56 Å². The molecule has 2 aromatic carbocycles. The summed E-state index contributed by atoms with van der Waals surface area (Å²) in [6.07, 6.45) is 1.91. The normalized spacial score (nSPS) is 10.2. The quantitative estimate of drug-likeness (QED) is 0.799. The second-order valence-electron chi connectivity index (χ2n) is 4.56. The number of para-hydroxylation sites is 1. The molecule has 0 unspecified atom stereocenters. The average Bonchev–Trinajstić information content (AvgIpc) is 2.48. The highest BCUT2D eigenvalue weighted by atomic mass is 16.5. The Morgan fingerprint density at radius 2 is 1.85 bits per heavy atom. The van der Waals surface area contributed by atoms with E-state index in [1.165, 1.54) is 0 Å². The summed E-state index contributed by atoms with van der Waals surface area (Å²) in [5, 5.41) is 9.31. The maximum absolute atomic E-state index is 11.4. The molecule has 1 N–H and O–H groups in total. The third-order valence-electron chi connectivity index (χ3n) is 3.07. The molecule has 2 rings (SSSR count). The Balaban J connectivity index is 2.45. The molecular weight excluding hydrogens is 252 g/mol. The SMILES string of the molecule is CCCCOc1c(C(=O)O)cccc1-c1ccccc1. The molecule has 0 fully saturated rings. The highest BCUT2D eigenvalue weighted by Gasteiger charge is 2.16. The number of benzene rings is 2. The second kappa shape index (κ2) is 6.75. The smallest absolute Gasteiger partial charge is 0.339 e. The fourth-order valence-corrected chi connectivity index (χ4v) is 2.02. The van der Waals surface area contributed by atoms with Gasteiger partial charge in [0.15, 0.2) is 0 Å². The molecule has 0 saturated heterocycles. The van der Waals surface area contributed by atoms with Crippen molar-refractivity contribution in [3.8, 4) is 16.9 Å². The number of unbranched alkanes of at least 4 members (excludes halogenated alkanes) is 1. The molecule has 0 bridgehead atoms. The van der Waals surface area contributed by atoms with Gasteiger partial charge in [0.1, 0.15) is 11.3 Å². The number of hydrogen-bond acceptors (Lipinski definition) is 2. The number of carboxylic acids is 1. The Labute approximate surface area is 118 Å². The van der Waals surface area contributed by atoms with Gasteiger partial charge in [-0.15, -0.1) is 0 Å². The van der Waals surface area contributed by atoms with E-state index in [9.17, 15) is 9.90 Å². The van der Waals surface area contributed by atoms with E-state index in [-0.39, 0.29) is 5.56 Å². The third-order valence-corrected chi connectivity index (χ3v) is 3.07. The molecule has 0 saturated carbocycles. The molecule has 2 aromatic rings. The van der Waals surface area contributed by atoms with Crippen LogP contribution in [-0.4, -0.2) is 17.7 Å². The maximum atomic E-state index is 11.4. The van der Waals surface area contributed by atoms with E-state index in [4.69, 9.17) is 4.74 Å². The van der Waals surface area contributed by atoms with Crippen molar-refractivity contribution in [1.82, 2.24) is 0 Å². The van der Waals surface area contributed by atoms with E-state index in [1.54, 1.807) is 12.1 Å². The van der Waals surface area contributed by atoms with Crippen LogP contribution in [0.5, 0.6) is 5.75 Å². The molecule has 0 heterocycles. The maximum Gasteiger partial charge on any atom is 0.339 e. The van der Waals surface area contributed by atoms with E-state index >= 15 is 0 Å². The summed E-state index contributed by atoms with van der Waals surface area (Å²) in [7, 11) is 0. The molecule has 104 valence electrons. The van der Waals surface area contributed by atoms with Gasteiger partial charge in [0.05, 0.1) is 6.61 Å². The second-order valence-corrected chi connectivity index (χ2v) is 4.56. The number of carboxylic acid groups (broad SMARTS) is 1. The predicted octanol–water partition coefficient (Wildman–Crippen LogP) is 4.23. The van der Waals surface area contributed by atoms with Gasteiger partial charge in [0.25, 0.3) is 0 Å². The summed E-state index contributed by atoms with van der Waals surface area (Å²) in [6, 6.07) is 14.9. The summed E-state index contributed by atoms with van der Waals surface area (Å²) in [5.41, 5.74) is 1.99. The Bertz CT molecular complexity index is 576. The van der Waals surface area contributed by atoms with E-state index in [0.29, 0.717) is 12.4 Å². The molecule has 0 aromatic heterocycles. The van der Waals surface area contributed by atoms with Crippen molar-refractivity contribution in [1.29, 1.82) is 0 Å². The summed E-state index contributed by atoms with van der Waals surface area (Å²) in [6.45, 7) is 2.60. The lowest BCUT2D eigenvalue weighted by Gasteiger charge is -2.14. The molecular formula is C17H18O3. The van der Waals surface area contributed by atoms with Crippen molar-refractivity contribution < 1.29 is 14.6 Å². The van der Waals surface area contributed by atoms with E-state index in [0.717, 1.165) is 24.0 Å². The van der Waals surface area contributed by atoms with Gasteiger partial charge < -0.3 is 9.84 Å². The number of carbonyl (C=O) groups is 1. The zero-order valence-electron chi connectivity index (χ0n) is 11.5. The van der Waals surface area contributed by atoms with Crippen molar-refractivity contribution in [3.63, 3.8) is 0 Å². The number of hydrogen-bond donors (Lipinski definition) is 1. The van der Waals surface area contributed by atoms with Crippen LogP contribution >= 0.6 is 0 Å². The van der Waals surface area contributed by atoms with Gasteiger partial charge in [-0.1, -0.05) is 55.8 Å². The minimum atomic E-state index is -0.964. The molecule has 0 atom stereocenters. The number of aromatic carboxylic acids is 1. The van der Waals surface area contributed by atoms with Crippen LogP contribution in [0.1, 0.15) is 30.1 Å². The lowest BCUT2D eigenvalue weighted by atomic mass is 10.0. The van der Waals surface area contributed by atoms with E-state index < -0.39 is 5.97 Å². The topological polar surface area (TPSA) is 46.5 Å². The van der Waals surface area contributed by atoms with Crippen LogP contribution in [0.25, 0.3) is 11.1 Å². The summed E-state index contributed by atoms with van der Waals surface area (Å²) in [5.74, 6) is -0.506. The van der Waals surface area contributed by atoms with Gasteiger partial charge in [0.2, 0.25) is 0 Å². The fourth-order valence-electron chi connectivity index (χ4n) is 2.02.